The summed E-state index contributed by atoms with van der Waals surface area (Å²) in [6.07, 6.45) is 6.73. The minimum Gasteiger partial charge on any atom is -0.353 e. The lowest BCUT2D eigenvalue weighted by atomic mass is 10.1. The molecule has 0 spiro atoms. The molecular weight excluding hydrogens is 226 g/mol. The third kappa shape index (κ3) is 1.83. The van der Waals surface area contributed by atoms with E-state index in [1.54, 1.807) is 18.6 Å². The van der Waals surface area contributed by atoms with Crippen LogP contribution in [0.15, 0.2) is 24.8 Å². The molecule has 2 aromatic rings. The fourth-order valence-electron chi connectivity index (χ4n) is 2.11. The second-order valence-electron chi connectivity index (χ2n) is 4.25. The van der Waals surface area contributed by atoms with Gasteiger partial charge < -0.3 is 9.30 Å². The van der Waals surface area contributed by atoms with Crippen molar-refractivity contribution in [2.75, 3.05) is 18.0 Å². The van der Waals surface area contributed by atoms with Crippen LogP contribution in [0.5, 0.6) is 0 Å². The van der Waals surface area contributed by atoms with E-state index in [1.807, 2.05) is 15.5 Å². The van der Waals surface area contributed by atoms with Gasteiger partial charge in [0.25, 0.3) is 5.92 Å². The minimum atomic E-state index is -2.53. The summed E-state index contributed by atoms with van der Waals surface area (Å²) in [5.41, 5.74) is 0.720. The van der Waals surface area contributed by atoms with Crippen molar-refractivity contribution in [3.8, 4) is 0 Å². The standard InChI is InChI=1S/C11H12F2N4/c12-11(13)1-5-16(6-2-11)9-10-15-4-8-17(10)7-3-14-9/h3-4,7-8H,1-2,5-6H2. The molecule has 1 saturated heterocycles. The summed E-state index contributed by atoms with van der Waals surface area (Å²) < 4.78 is 28.0. The molecule has 6 heteroatoms. The van der Waals surface area contributed by atoms with Gasteiger partial charge in [-0.1, -0.05) is 0 Å². The summed E-state index contributed by atoms with van der Waals surface area (Å²) in [4.78, 5) is 10.3. The SMILES string of the molecule is FC1(F)CCN(c2nccn3ccnc23)CC1. The van der Waals surface area contributed by atoms with Gasteiger partial charge in [-0.25, -0.2) is 18.7 Å². The Balaban J connectivity index is 1.92. The summed E-state index contributed by atoms with van der Waals surface area (Å²) >= 11 is 0. The predicted molar refractivity (Wildman–Crippen MR) is 59.4 cm³/mol. The zero-order chi connectivity index (χ0) is 11.9. The molecule has 4 nitrogen and oxygen atoms in total. The molecule has 2 aromatic heterocycles. The molecular formula is C11H12F2N4. The van der Waals surface area contributed by atoms with Crippen molar-refractivity contribution in [1.82, 2.24) is 14.4 Å². The van der Waals surface area contributed by atoms with Gasteiger partial charge in [0.2, 0.25) is 0 Å². The number of hydrogen-bond acceptors (Lipinski definition) is 3. The molecule has 0 saturated carbocycles. The Bertz CT molecular complexity index is 527. The topological polar surface area (TPSA) is 33.4 Å². The maximum Gasteiger partial charge on any atom is 0.251 e. The fraction of sp³-hybridized carbons (Fsp3) is 0.455. The molecule has 0 radical (unpaired) electrons. The van der Waals surface area contributed by atoms with Crippen LogP contribution in [0.2, 0.25) is 0 Å². The minimum absolute atomic E-state index is 0.115. The van der Waals surface area contributed by atoms with Crippen molar-refractivity contribution in [1.29, 1.82) is 0 Å². The van der Waals surface area contributed by atoms with Crippen LogP contribution in [-0.2, 0) is 0 Å². The van der Waals surface area contributed by atoms with E-state index < -0.39 is 5.92 Å². The van der Waals surface area contributed by atoms with Gasteiger partial charge in [-0.15, -0.1) is 0 Å². The lowest BCUT2D eigenvalue weighted by Crippen LogP contribution is -2.40. The largest absolute Gasteiger partial charge is 0.353 e. The Morgan fingerprint density at radius 3 is 2.41 bits per heavy atom. The van der Waals surface area contributed by atoms with Crippen molar-refractivity contribution in [3.63, 3.8) is 0 Å². The highest BCUT2D eigenvalue weighted by atomic mass is 19.3. The monoisotopic (exact) mass is 238 g/mol. The molecule has 17 heavy (non-hydrogen) atoms. The molecule has 0 atom stereocenters. The molecule has 1 aliphatic rings. The smallest absolute Gasteiger partial charge is 0.251 e. The quantitative estimate of drug-likeness (QED) is 0.761. The Kier molecular flexibility index (Phi) is 2.24. The highest BCUT2D eigenvalue weighted by Gasteiger charge is 2.34. The van der Waals surface area contributed by atoms with Gasteiger partial charge in [0.05, 0.1) is 0 Å². The van der Waals surface area contributed by atoms with Gasteiger partial charge in [0.15, 0.2) is 11.5 Å². The van der Waals surface area contributed by atoms with Crippen molar-refractivity contribution >= 4 is 11.5 Å². The van der Waals surface area contributed by atoms with Gasteiger partial charge in [-0.2, -0.15) is 0 Å². The van der Waals surface area contributed by atoms with E-state index in [4.69, 9.17) is 0 Å². The van der Waals surface area contributed by atoms with Gasteiger partial charge in [-0.3, -0.25) is 0 Å². The number of hydrogen-bond donors (Lipinski definition) is 0. The maximum absolute atomic E-state index is 13.1. The second-order valence-corrected chi connectivity index (χ2v) is 4.25. The zero-order valence-electron chi connectivity index (χ0n) is 9.18. The van der Waals surface area contributed by atoms with Gasteiger partial charge >= 0.3 is 0 Å². The van der Waals surface area contributed by atoms with Gasteiger partial charge in [0.1, 0.15) is 0 Å². The van der Waals surface area contributed by atoms with Gasteiger partial charge in [0, 0.05) is 50.7 Å². The Hall–Kier alpha value is -1.72. The lowest BCUT2D eigenvalue weighted by Gasteiger charge is -2.32. The van der Waals surface area contributed by atoms with E-state index in [2.05, 4.69) is 9.97 Å². The Morgan fingerprint density at radius 1 is 1.06 bits per heavy atom. The van der Waals surface area contributed by atoms with E-state index in [9.17, 15) is 8.78 Å². The number of piperidine rings is 1. The van der Waals surface area contributed by atoms with Crippen LogP contribution in [0, 0.1) is 0 Å². The molecule has 1 fully saturated rings. The van der Waals surface area contributed by atoms with Crippen molar-refractivity contribution in [2.24, 2.45) is 0 Å². The van der Waals surface area contributed by atoms with Gasteiger partial charge in [-0.05, 0) is 0 Å². The number of nitrogens with zero attached hydrogens (tertiary/aromatic N) is 4. The number of anilines is 1. The summed E-state index contributed by atoms with van der Waals surface area (Å²) in [6.45, 7) is 0.652. The van der Waals surface area contributed by atoms with Crippen LogP contribution < -0.4 is 4.90 Å². The van der Waals surface area contributed by atoms with E-state index in [1.165, 1.54) is 0 Å². The normalized spacial score (nSPS) is 19.8. The zero-order valence-corrected chi connectivity index (χ0v) is 9.18. The van der Waals surface area contributed by atoms with Crippen molar-refractivity contribution in [3.05, 3.63) is 24.8 Å². The summed E-state index contributed by atoms with van der Waals surface area (Å²) in [5.74, 6) is -1.84. The third-order valence-electron chi connectivity index (χ3n) is 3.09. The maximum atomic E-state index is 13.1. The lowest BCUT2D eigenvalue weighted by molar-refractivity contribution is -0.0221. The van der Waals surface area contributed by atoms with Crippen molar-refractivity contribution in [2.45, 2.75) is 18.8 Å². The molecule has 1 aliphatic heterocycles. The molecule has 0 aliphatic carbocycles. The molecule has 90 valence electrons. The van der Waals surface area contributed by atoms with E-state index in [-0.39, 0.29) is 12.8 Å². The number of halogens is 2. The first-order valence-corrected chi connectivity index (χ1v) is 5.56. The van der Waals surface area contributed by atoms with Crippen LogP contribution >= 0.6 is 0 Å². The predicted octanol–water partition coefficient (Wildman–Crippen LogP) is 1.96. The average molecular weight is 238 g/mol. The molecule has 0 N–H and O–H groups in total. The van der Waals surface area contributed by atoms with Crippen LogP contribution in [0.25, 0.3) is 5.65 Å². The summed E-state index contributed by atoms with van der Waals surface area (Å²) in [7, 11) is 0. The first-order valence-electron chi connectivity index (χ1n) is 5.56. The average Bonchev–Trinajstić information content (AvgIpc) is 2.77. The second kappa shape index (κ2) is 3.65. The van der Waals surface area contributed by atoms with Crippen LogP contribution in [0.3, 0.4) is 0 Å². The van der Waals surface area contributed by atoms with Crippen LogP contribution in [-0.4, -0.2) is 33.4 Å². The van der Waals surface area contributed by atoms with E-state index in [0.717, 1.165) is 5.65 Å². The van der Waals surface area contributed by atoms with Crippen LogP contribution in [0.4, 0.5) is 14.6 Å². The number of rotatable bonds is 1. The Morgan fingerprint density at radius 2 is 1.71 bits per heavy atom. The molecule has 0 aromatic carbocycles. The highest BCUT2D eigenvalue weighted by Crippen LogP contribution is 2.30. The molecule has 0 bridgehead atoms. The Labute approximate surface area is 96.9 Å². The highest BCUT2D eigenvalue weighted by molar-refractivity contribution is 5.64. The van der Waals surface area contributed by atoms with E-state index in [0.29, 0.717) is 18.9 Å². The first kappa shape index (κ1) is 10.4. The molecule has 0 unspecified atom stereocenters. The number of alkyl halides is 2. The van der Waals surface area contributed by atoms with E-state index >= 15 is 0 Å². The third-order valence-corrected chi connectivity index (χ3v) is 3.09. The molecule has 0 amide bonds. The van der Waals surface area contributed by atoms with Crippen molar-refractivity contribution < 1.29 is 8.78 Å². The number of imidazole rings is 1. The molecule has 3 rings (SSSR count). The van der Waals surface area contributed by atoms with Crippen LogP contribution in [0.1, 0.15) is 12.8 Å². The number of fused-ring (bicyclic) bond motifs is 1. The first-order chi connectivity index (χ1) is 8.16. The summed E-state index contributed by atoms with van der Waals surface area (Å²) in [5, 5.41) is 0. The summed E-state index contributed by atoms with van der Waals surface area (Å²) in [6, 6.07) is 0. The molecule has 3 heterocycles. The number of aromatic nitrogens is 3. The fourth-order valence-corrected chi connectivity index (χ4v) is 2.11.